The van der Waals surface area contributed by atoms with Gasteiger partial charge in [0.05, 0.1) is 5.71 Å². The van der Waals surface area contributed by atoms with Gasteiger partial charge in [0.1, 0.15) is 11.6 Å². The molecule has 1 saturated heterocycles. The first kappa shape index (κ1) is 19.4. The number of nitrogens with one attached hydrogen (secondary N) is 3. The summed E-state index contributed by atoms with van der Waals surface area (Å²) in [7, 11) is 1.95. The number of hydrogen-bond donors (Lipinski definition) is 4. The average Bonchev–Trinajstić information content (AvgIpc) is 2.49. The molecule has 0 aromatic heterocycles. The van der Waals surface area contributed by atoms with Gasteiger partial charge in [0.25, 0.3) is 0 Å². The van der Waals surface area contributed by atoms with E-state index in [4.69, 9.17) is 10.8 Å². The largest absolute Gasteiger partial charge is 0.508 e. The molecule has 2 aliphatic rings. The number of aliphatic hydroxyl groups excluding tert-OH is 1. The number of rotatable bonds is 4. The van der Waals surface area contributed by atoms with Crippen LogP contribution < -0.4 is 5.32 Å². The lowest BCUT2D eigenvalue weighted by Crippen LogP contribution is -2.62. The summed E-state index contributed by atoms with van der Waals surface area (Å²) in [5.41, 5.74) is 0.863. The lowest BCUT2D eigenvalue weighted by atomic mass is 9.79. The van der Waals surface area contributed by atoms with Crippen molar-refractivity contribution in [3.05, 3.63) is 35.6 Å². The van der Waals surface area contributed by atoms with Gasteiger partial charge < -0.3 is 20.7 Å². The van der Waals surface area contributed by atoms with Crippen molar-refractivity contribution in [3.8, 4) is 0 Å². The number of allylic oxidation sites excluding steroid dienone is 4. The molecule has 0 atom stereocenters. The summed E-state index contributed by atoms with van der Waals surface area (Å²) in [5.74, 6) is 0.561. The fourth-order valence-corrected chi connectivity index (χ4v) is 4.02. The molecule has 0 radical (unpaired) electrons. The summed E-state index contributed by atoms with van der Waals surface area (Å²) in [5, 5.41) is 30.1. The second kappa shape index (κ2) is 7.16. The van der Waals surface area contributed by atoms with E-state index in [9.17, 15) is 5.11 Å². The molecule has 0 spiro atoms. The average molecular weight is 345 g/mol. The van der Waals surface area contributed by atoms with Gasteiger partial charge in [0, 0.05) is 29.7 Å². The molecule has 5 nitrogen and oxygen atoms in total. The summed E-state index contributed by atoms with van der Waals surface area (Å²) < 4.78 is 0. The molecule has 25 heavy (non-hydrogen) atoms. The smallest absolute Gasteiger partial charge is 0.120 e. The van der Waals surface area contributed by atoms with E-state index < -0.39 is 0 Å². The molecule has 138 valence electrons. The number of likely N-dealkylation sites (N-methyl/N-ethyl adjacent to an activating group) is 1. The van der Waals surface area contributed by atoms with E-state index in [1.807, 2.05) is 18.0 Å². The summed E-state index contributed by atoms with van der Waals surface area (Å²) in [6.45, 7) is 8.81. The second-order valence-electron chi connectivity index (χ2n) is 8.48. The predicted octanol–water partition coefficient (Wildman–Crippen LogP) is 3.94. The van der Waals surface area contributed by atoms with Crippen LogP contribution in [0.5, 0.6) is 0 Å². The van der Waals surface area contributed by atoms with Gasteiger partial charge >= 0.3 is 0 Å². The molecule has 0 bridgehead atoms. The molecule has 0 aromatic carbocycles. The topological polar surface area (TPSA) is 83.2 Å². The fraction of sp³-hybridized carbons (Fsp3) is 0.600. The molecule has 0 aromatic rings. The highest BCUT2D eigenvalue weighted by atomic mass is 16.3. The Bertz CT molecular complexity index is 624. The molecule has 1 fully saturated rings. The number of aliphatic hydroxyl groups is 1. The molecular formula is C20H32N4O. The summed E-state index contributed by atoms with van der Waals surface area (Å²) >= 11 is 0. The van der Waals surface area contributed by atoms with Gasteiger partial charge in [-0.05, 0) is 71.6 Å². The highest BCUT2D eigenvalue weighted by molar-refractivity contribution is 6.11. The Hall–Kier alpha value is -1.88. The first-order valence-electron chi connectivity index (χ1n) is 8.98. The van der Waals surface area contributed by atoms with Crippen LogP contribution in [0.3, 0.4) is 0 Å². The fourth-order valence-electron chi connectivity index (χ4n) is 4.02. The standard InChI is InChI=1S/C20H32N4O/c1-19(2)12-14(13-20(3,4)23-19)24(5)18(22)11-10-16(21)15-8-6-7-9-17(15)25/h8-11,14,21-23,25H,6-7,12-13H2,1-5H3/b11-10-,21-16?,22-18?. The number of nitrogens with zero attached hydrogens (tertiary/aromatic N) is 1. The molecule has 1 heterocycles. The molecule has 0 saturated carbocycles. The second-order valence-corrected chi connectivity index (χ2v) is 8.48. The third kappa shape index (κ3) is 5.05. The van der Waals surface area contributed by atoms with E-state index >= 15 is 0 Å². The van der Waals surface area contributed by atoms with Crippen LogP contribution in [-0.4, -0.2) is 45.7 Å². The molecule has 1 aliphatic heterocycles. The van der Waals surface area contributed by atoms with Crippen LogP contribution >= 0.6 is 0 Å². The van der Waals surface area contributed by atoms with Crippen LogP contribution in [-0.2, 0) is 0 Å². The van der Waals surface area contributed by atoms with Crippen LogP contribution in [0.2, 0.25) is 0 Å². The van der Waals surface area contributed by atoms with Crippen molar-refractivity contribution < 1.29 is 5.11 Å². The molecule has 0 unspecified atom stereocenters. The van der Waals surface area contributed by atoms with Crippen molar-refractivity contribution in [1.82, 2.24) is 10.2 Å². The molecule has 5 heteroatoms. The van der Waals surface area contributed by atoms with E-state index in [1.165, 1.54) is 0 Å². The molecule has 1 aliphatic carbocycles. The highest BCUT2D eigenvalue weighted by Crippen LogP contribution is 2.31. The summed E-state index contributed by atoms with van der Waals surface area (Å²) in [4.78, 5) is 2.00. The van der Waals surface area contributed by atoms with Crippen molar-refractivity contribution in [2.24, 2.45) is 0 Å². The Morgan fingerprint density at radius 1 is 1.12 bits per heavy atom. The van der Waals surface area contributed by atoms with E-state index in [-0.39, 0.29) is 28.6 Å². The van der Waals surface area contributed by atoms with E-state index in [0.717, 1.165) is 25.7 Å². The summed E-state index contributed by atoms with van der Waals surface area (Å²) in [6.07, 6.45) is 10.5. The zero-order valence-corrected chi connectivity index (χ0v) is 16.1. The number of piperidine rings is 1. The van der Waals surface area contributed by atoms with Gasteiger partial charge in [0.15, 0.2) is 0 Å². The Balaban J connectivity index is 2.03. The van der Waals surface area contributed by atoms with E-state index in [0.29, 0.717) is 11.4 Å². The van der Waals surface area contributed by atoms with Crippen molar-refractivity contribution >= 4 is 11.5 Å². The van der Waals surface area contributed by atoms with Gasteiger partial charge in [-0.15, -0.1) is 0 Å². The Labute approximate surface area is 151 Å². The van der Waals surface area contributed by atoms with Gasteiger partial charge in [-0.1, -0.05) is 6.08 Å². The number of hydrogen-bond acceptors (Lipinski definition) is 4. The van der Waals surface area contributed by atoms with Crippen molar-refractivity contribution in [2.45, 2.75) is 70.5 Å². The first-order valence-corrected chi connectivity index (χ1v) is 8.98. The SMILES string of the molecule is CN(C(=N)/C=C\C(=N)C1=CCCC=C1O)C1CC(C)(C)NC(C)(C)C1. The van der Waals surface area contributed by atoms with Crippen LogP contribution in [0.1, 0.15) is 53.4 Å². The predicted molar refractivity (Wildman–Crippen MR) is 105 cm³/mol. The third-order valence-corrected chi connectivity index (χ3v) is 4.92. The van der Waals surface area contributed by atoms with Gasteiger partial charge in [0.2, 0.25) is 0 Å². The van der Waals surface area contributed by atoms with Crippen molar-refractivity contribution in [3.63, 3.8) is 0 Å². The Kier molecular flexibility index (Phi) is 5.57. The minimum atomic E-state index is 0.0286. The normalized spacial score (nSPS) is 23.1. The van der Waals surface area contributed by atoms with Crippen LogP contribution in [0.15, 0.2) is 35.6 Å². The van der Waals surface area contributed by atoms with Crippen LogP contribution in [0, 0.1) is 10.8 Å². The minimum absolute atomic E-state index is 0.0286. The number of amidine groups is 1. The lowest BCUT2D eigenvalue weighted by molar-refractivity contribution is 0.114. The van der Waals surface area contributed by atoms with Crippen LogP contribution in [0.4, 0.5) is 0 Å². The molecule has 0 amide bonds. The quantitative estimate of drug-likeness (QED) is 0.460. The Morgan fingerprint density at radius 3 is 2.24 bits per heavy atom. The van der Waals surface area contributed by atoms with Gasteiger partial charge in [-0.2, -0.15) is 0 Å². The van der Waals surface area contributed by atoms with Gasteiger partial charge in [-0.3, -0.25) is 5.41 Å². The molecule has 2 rings (SSSR count). The molecular weight excluding hydrogens is 312 g/mol. The zero-order valence-electron chi connectivity index (χ0n) is 16.1. The monoisotopic (exact) mass is 344 g/mol. The maximum atomic E-state index is 9.88. The molecule has 4 N–H and O–H groups in total. The Morgan fingerprint density at radius 2 is 1.68 bits per heavy atom. The third-order valence-electron chi connectivity index (χ3n) is 4.92. The first-order chi connectivity index (χ1) is 11.5. The maximum absolute atomic E-state index is 9.88. The summed E-state index contributed by atoms with van der Waals surface area (Å²) in [6, 6.07) is 0.278. The van der Waals surface area contributed by atoms with Crippen LogP contribution in [0.25, 0.3) is 0 Å². The minimum Gasteiger partial charge on any atom is -0.508 e. The highest BCUT2D eigenvalue weighted by Gasteiger charge is 2.39. The lowest BCUT2D eigenvalue weighted by Gasteiger charge is -2.49. The van der Waals surface area contributed by atoms with Crippen molar-refractivity contribution in [2.75, 3.05) is 7.05 Å². The van der Waals surface area contributed by atoms with Gasteiger partial charge in [-0.25, -0.2) is 0 Å². The maximum Gasteiger partial charge on any atom is 0.120 e. The zero-order chi connectivity index (χ0) is 18.8. The van der Waals surface area contributed by atoms with E-state index in [1.54, 1.807) is 18.2 Å². The van der Waals surface area contributed by atoms with E-state index in [2.05, 4.69) is 33.0 Å². The van der Waals surface area contributed by atoms with Crippen molar-refractivity contribution in [1.29, 1.82) is 10.8 Å².